The molecule has 0 heterocycles. The third-order valence-corrected chi connectivity index (χ3v) is 5.18. The SMILES string of the molecule is CCC(C)c1ccc(S(=O)(=O)NCC(C)CC(C)O)cc1. The molecule has 5 heteroatoms. The van der Waals surface area contributed by atoms with Crippen molar-refractivity contribution in [1.29, 1.82) is 0 Å². The highest BCUT2D eigenvalue weighted by Gasteiger charge is 2.16. The van der Waals surface area contributed by atoms with Gasteiger partial charge in [-0.05, 0) is 49.3 Å². The number of hydrogen-bond acceptors (Lipinski definition) is 3. The Labute approximate surface area is 128 Å². The van der Waals surface area contributed by atoms with Gasteiger partial charge in [-0.15, -0.1) is 0 Å². The summed E-state index contributed by atoms with van der Waals surface area (Å²) < 4.78 is 27.0. The van der Waals surface area contributed by atoms with Gasteiger partial charge in [-0.1, -0.05) is 32.9 Å². The van der Waals surface area contributed by atoms with Gasteiger partial charge in [-0.2, -0.15) is 0 Å². The van der Waals surface area contributed by atoms with Crippen LogP contribution in [-0.2, 0) is 10.0 Å². The first-order chi connectivity index (χ1) is 9.76. The van der Waals surface area contributed by atoms with Gasteiger partial charge in [0.1, 0.15) is 0 Å². The minimum absolute atomic E-state index is 0.0964. The standard InChI is InChI=1S/C16H27NO3S/c1-5-13(3)15-6-8-16(9-7-15)21(19,20)17-11-12(2)10-14(4)18/h6-9,12-14,17-18H,5,10-11H2,1-4H3. The van der Waals surface area contributed by atoms with Crippen molar-refractivity contribution in [2.24, 2.45) is 5.92 Å². The Hall–Kier alpha value is -0.910. The van der Waals surface area contributed by atoms with Gasteiger partial charge >= 0.3 is 0 Å². The second kappa shape index (κ2) is 7.92. The Morgan fingerprint density at radius 2 is 1.71 bits per heavy atom. The first kappa shape index (κ1) is 18.1. The Morgan fingerprint density at radius 3 is 2.19 bits per heavy atom. The Kier molecular flexibility index (Phi) is 6.84. The van der Waals surface area contributed by atoms with Crippen molar-refractivity contribution in [3.8, 4) is 0 Å². The summed E-state index contributed by atoms with van der Waals surface area (Å²) in [5.74, 6) is 0.528. The number of sulfonamides is 1. The summed E-state index contributed by atoms with van der Waals surface area (Å²) in [4.78, 5) is 0.291. The van der Waals surface area contributed by atoms with E-state index in [4.69, 9.17) is 0 Å². The average Bonchev–Trinajstić information content (AvgIpc) is 2.44. The topological polar surface area (TPSA) is 66.4 Å². The first-order valence-electron chi connectivity index (χ1n) is 7.54. The maximum absolute atomic E-state index is 12.2. The second-order valence-corrected chi connectivity index (χ2v) is 7.69. The van der Waals surface area contributed by atoms with Crippen molar-refractivity contribution < 1.29 is 13.5 Å². The highest BCUT2D eigenvalue weighted by Crippen LogP contribution is 2.20. The summed E-state index contributed by atoms with van der Waals surface area (Å²) in [6.07, 6.45) is 1.19. The molecule has 0 bridgehead atoms. The molecular weight excluding hydrogens is 286 g/mol. The molecule has 3 atom stereocenters. The molecule has 0 amide bonds. The van der Waals surface area contributed by atoms with Crippen LogP contribution < -0.4 is 4.72 Å². The molecule has 1 aromatic rings. The van der Waals surface area contributed by atoms with Crippen LogP contribution in [0, 0.1) is 5.92 Å². The van der Waals surface area contributed by atoms with Crippen molar-refractivity contribution in [3.05, 3.63) is 29.8 Å². The van der Waals surface area contributed by atoms with Gasteiger partial charge in [-0.25, -0.2) is 13.1 Å². The quantitative estimate of drug-likeness (QED) is 0.775. The lowest BCUT2D eigenvalue weighted by atomic mass is 9.99. The molecule has 0 fully saturated rings. The number of aliphatic hydroxyl groups is 1. The smallest absolute Gasteiger partial charge is 0.240 e. The fraction of sp³-hybridized carbons (Fsp3) is 0.625. The normalized spacial score (nSPS) is 16.4. The third kappa shape index (κ3) is 5.77. The van der Waals surface area contributed by atoms with Crippen LogP contribution in [0.5, 0.6) is 0 Å². The zero-order valence-corrected chi connectivity index (χ0v) is 14.2. The van der Waals surface area contributed by atoms with Gasteiger partial charge in [0.15, 0.2) is 0 Å². The molecule has 0 aliphatic carbocycles. The molecule has 0 radical (unpaired) electrons. The minimum atomic E-state index is -3.47. The molecule has 4 nitrogen and oxygen atoms in total. The van der Waals surface area contributed by atoms with Gasteiger partial charge in [0.25, 0.3) is 0 Å². The summed E-state index contributed by atoms with van der Waals surface area (Å²) in [5.41, 5.74) is 1.15. The molecule has 0 spiro atoms. The fourth-order valence-corrected chi connectivity index (χ4v) is 3.38. The van der Waals surface area contributed by atoms with Crippen LogP contribution >= 0.6 is 0 Å². The van der Waals surface area contributed by atoms with Crippen molar-refractivity contribution >= 4 is 10.0 Å². The number of hydrogen-bond donors (Lipinski definition) is 2. The van der Waals surface area contributed by atoms with E-state index in [1.54, 1.807) is 19.1 Å². The summed E-state index contributed by atoms with van der Waals surface area (Å²) in [7, 11) is -3.47. The van der Waals surface area contributed by atoms with Gasteiger partial charge in [-0.3, -0.25) is 0 Å². The summed E-state index contributed by atoms with van der Waals surface area (Å²) in [6.45, 7) is 8.19. The van der Waals surface area contributed by atoms with Gasteiger partial charge in [0, 0.05) is 6.54 Å². The molecule has 0 saturated carbocycles. The highest BCUT2D eigenvalue weighted by atomic mass is 32.2. The summed E-state index contributed by atoms with van der Waals surface area (Å²) in [6, 6.07) is 7.07. The molecule has 1 aromatic carbocycles. The van der Waals surface area contributed by atoms with Gasteiger partial charge < -0.3 is 5.11 Å². The number of aliphatic hydroxyl groups excluding tert-OH is 1. The molecule has 0 aliphatic rings. The zero-order valence-electron chi connectivity index (χ0n) is 13.3. The van der Waals surface area contributed by atoms with E-state index in [-0.39, 0.29) is 5.92 Å². The summed E-state index contributed by atoms with van der Waals surface area (Å²) >= 11 is 0. The summed E-state index contributed by atoms with van der Waals surface area (Å²) in [5, 5.41) is 9.30. The van der Waals surface area contributed by atoms with Crippen molar-refractivity contribution in [3.63, 3.8) is 0 Å². The van der Waals surface area contributed by atoms with Crippen LogP contribution in [0.3, 0.4) is 0 Å². The van der Waals surface area contributed by atoms with Crippen molar-refractivity contribution in [2.45, 2.75) is 57.5 Å². The van der Waals surface area contributed by atoms with Crippen LogP contribution in [-0.4, -0.2) is 26.2 Å². The predicted molar refractivity (Wildman–Crippen MR) is 85.8 cm³/mol. The maximum Gasteiger partial charge on any atom is 0.240 e. The number of benzene rings is 1. The third-order valence-electron chi connectivity index (χ3n) is 3.74. The highest BCUT2D eigenvalue weighted by molar-refractivity contribution is 7.89. The molecule has 0 saturated heterocycles. The Bertz CT molecular complexity index is 523. The van der Waals surface area contributed by atoms with E-state index in [0.29, 0.717) is 23.8 Å². The largest absolute Gasteiger partial charge is 0.393 e. The van der Waals surface area contributed by atoms with Crippen LogP contribution in [0.2, 0.25) is 0 Å². The molecule has 21 heavy (non-hydrogen) atoms. The van der Waals surface area contributed by atoms with Crippen LogP contribution in [0.1, 0.15) is 52.0 Å². The van der Waals surface area contributed by atoms with E-state index in [9.17, 15) is 13.5 Å². The van der Waals surface area contributed by atoms with E-state index in [1.807, 2.05) is 19.1 Å². The van der Waals surface area contributed by atoms with Gasteiger partial charge in [0.05, 0.1) is 11.0 Å². The maximum atomic E-state index is 12.2. The van der Waals surface area contributed by atoms with Gasteiger partial charge in [0.2, 0.25) is 10.0 Å². The Balaban J connectivity index is 2.70. The van der Waals surface area contributed by atoms with Crippen LogP contribution in [0.4, 0.5) is 0 Å². The lowest BCUT2D eigenvalue weighted by Gasteiger charge is -2.15. The minimum Gasteiger partial charge on any atom is -0.393 e. The van der Waals surface area contributed by atoms with E-state index >= 15 is 0 Å². The molecule has 120 valence electrons. The van der Waals surface area contributed by atoms with Crippen LogP contribution in [0.25, 0.3) is 0 Å². The van der Waals surface area contributed by atoms with Crippen molar-refractivity contribution in [2.75, 3.05) is 6.54 Å². The molecular formula is C16H27NO3S. The molecule has 3 unspecified atom stereocenters. The lowest BCUT2D eigenvalue weighted by molar-refractivity contribution is 0.165. The van der Waals surface area contributed by atoms with E-state index < -0.39 is 16.1 Å². The molecule has 1 rings (SSSR count). The average molecular weight is 313 g/mol. The number of nitrogens with one attached hydrogen (secondary N) is 1. The van der Waals surface area contributed by atoms with Crippen LogP contribution in [0.15, 0.2) is 29.2 Å². The molecule has 0 aromatic heterocycles. The molecule has 0 aliphatic heterocycles. The monoisotopic (exact) mass is 313 g/mol. The number of rotatable bonds is 8. The van der Waals surface area contributed by atoms with E-state index in [2.05, 4.69) is 18.6 Å². The zero-order chi connectivity index (χ0) is 16.0. The van der Waals surface area contributed by atoms with E-state index in [1.165, 1.54) is 0 Å². The first-order valence-corrected chi connectivity index (χ1v) is 9.02. The predicted octanol–water partition coefficient (Wildman–Crippen LogP) is 2.89. The molecule has 2 N–H and O–H groups in total. The fourth-order valence-electron chi connectivity index (χ4n) is 2.21. The lowest BCUT2D eigenvalue weighted by Crippen LogP contribution is -2.29. The Morgan fingerprint density at radius 1 is 1.14 bits per heavy atom. The van der Waals surface area contributed by atoms with E-state index in [0.717, 1.165) is 12.0 Å². The van der Waals surface area contributed by atoms with Crippen molar-refractivity contribution in [1.82, 2.24) is 4.72 Å². The second-order valence-electron chi connectivity index (χ2n) is 5.92.